The lowest BCUT2D eigenvalue weighted by Crippen LogP contribution is -2.20. The zero-order chi connectivity index (χ0) is 10.7. The maximum Gasteiger partial charge on any atom is 0.151 e. The molecule has 2 heterocycles. The highest BCUT2D eigenvalue weighted by molar-refractivity contribution is 7.88. The van der Waals surface area contributed by atoms with Crippen molar-refractivity contribution in [1.82, 2.24) is 0 Å². The summed E-state index contributed by atoms with van der Waals surface area (Å²) >= 11 is 1.43. The van der Waals surface area contributed by atoms with Crippen molar-refractivity contribution >= 4 is 27.9 Å². The maximum atomic E-state index is 11.7. The number of thiophene rings is 1. The van der Waals surface area contributed by atoms with Gasteiger partial charge in [-0.15, -0.1) is 11.3 Å². The molecule has 1 fully saturated rings. The van der Waals surface area contributed by atoms with Gasteiger partial charge in [0.1, 0.15) is 0 Å². The first-order valence-corrected chi connectivity index (χ1v) is 6.99. The zero-order valence-corrected chi connectivity index (χ0v) is 9.81. The van der Waals surface area contributed by atoms with Crippen LogP contribution < -0.4 is 0 Å². The fourth-order valence-corrected chi connectivity index (χ4v) is 3.59. The van der Waals surface area contributed by atoms with Gasteiger partial charge in [0, 0.05) is 12.5 Å². The van der Waals surface area contributed by atoms with Crippen molar-refractivity contribution in [3.05, 3.63) is 17.5 Å². The Labute approximate surface area is 94.9 Å². The molecule has 0 saturated carbocycles. The molecule has 2 atom stereocenters. The number of hydrogen-bond donors (Lipinski definition) is 0. The molecule has 1 saturated heterocycles. The Hall–Kier alpha value is -0.520. The first-order chi connectivity index (χ1) is 7.27. The van der Waals surface area contributed by atoms with E-state index >= 15 is 0 Å². The monoisotopic (exact) mass is 244 g/mol. The molecule has 1 aromatic heterocycles. The summed E-state index contributed by atoms with van der Waals surface area (Å²) in [6, 6.07) is 3.65. The molecule has 0 radical (unpaired) electrons. The standard InChI is InChI=1S/C10H12O3S2/c11-9(8-3-4-13-6-8)7-15(12)10-2-1-5-14-10/h1-2,5,8H,3-4,6-7H2. The van der Waals surface area contributed by atoms with E-state index in [1.54, 1.807) is 6.07 Å². The minimum absolute atomic E-state index is 0.0334. The fourth-order valence-electron chi connectivity index (χ4n) is 1.50. The molecule has 5 heteroatoms. The molecular weight excluding hydrogens is 232 g/mol. The lowest BCUT2D eigenvalue weighted by Gasteiger charge is -2.04. The van der Waals surface area contributed by atoms with Gasteiger partial charge in [0.2, 0.25) is 0 Å². The van der Waals surface area contributed by atoms with Crippen LogP contribution in [-0.2, 0) is 20.3 Å². The molecule has 3 nitrogen and oxygen atoms in total. The lowest BCUT2D eigenvalue weighted by atomic mass is 10.1. The molecule has 0 spiro atoms. The number of rotatable bonds is 4. The molecule has 1 aromatic rings. The summed E-state index contributed by atoms with van der Waals surface area (Å²) in [7, 11) is -1.16. The Balaban J connectivity index is 1.91. The van der Waals surface area contributed by atoms with Gasteiger partial charge < -0.3 is 4.74 Å². The van der Waals surface area contributed by atoms with Gasteiger partial charge in [0.15, 0.2) is 5.78 Å². The van der Waals surface area contributed by atoms with Crippen LogP contribution in [0.15, 0.2) is 21.7 Å². The molecule has 0 aromatic carbocycles. The van der Waals surface area contributed by atoms with E-state index < -0.39 is 10.8 Å². The van der Waals surface area contributed by atoms with Crippen LogP contribution in [0, 0.1) is 5.92 Å². The van der Waals surface area contributed by atoms with Gasteiger partial charge in [-0.05, 0) is 17.9 Å². The van der Waals surface area contributed by atoms with E-state index in [2.05, 4.69) is 0 Å². The number of carbonyl (C=O) groups excluding carboxylic acids is 1. The van der Waals surface area contributed by atoms with Gasteiger partial charge >= 0.3 is 0 Å². The highest BCUT2D eigenvalue weighted by atomic mass is 32.2. The molecule has 0 bridgehead atoms. The summed E-state index contributed by atoms with van der Waals surface area (Å²) in [5, 5.41) is 1.87. The molecular formula is C10H12O3S2. The minimum atomic E-state index is -1.16. The van der Waals surface area contributed by atoms with Gasteiger partial charge in [-0.1, -0.05) is 6.07 Å². The van der Waals surface area contributed by atoms with Crippen LogP contribution in [0.3, 0.4) is 0 Å². The van der Waals surface area contributed by atoms with E-state index in [9.17, 15) is 9.00 Å². The Morgan fingerprint density at radius 3 is 3.13 bits per heavy atom. The van der Waals surface area contributed by atoms with Crippen LogP contribution in [0.2, 0.25) is 0 Å². The molecule has 1 aliphatic heterocycles. The second kappa shape index (κ2) is 5.01. The third kappa shape index (κ3) is 2.74. The van der Waals surface area contributed by atoms with Gasteiger partial charge in [-0.2, -0.15) is 0 Å². The normalized spacial score (nSPS) is 22.8. The summed E-state index contributed by atoms with van der Waals surface area (Å²) in [5.74, 6) is 0.169. The quantitative estimate of drug-likeness (QED) is 0.805. The SMILES string of the molecule is O=C(CS(=O)c1cccs1)C1CCOC1. The number of ether oxygens (including phenoxy) is 1. The van der Waals surface area contributed by atoms with Crippen LogP contribution >= 0.6 is 11.3 Å². The number of ketones is 1. The fraction of sp³-hybridized carbons (Fsp3) is 0.500. The average Bonchev–Trinajstić information content (AvgIpc) is 2.91. The van der Waals surface area contributed by atoms with Gasteiger partial charge in [0.05, 0.1) is 27.4 Å². The molecule has 2 unspecified atom stereocenters. The van der Waals surface area contributed by atoms with Crippen molar-refractivity contribution in [2.45, 2.75) is 10.6 Å². The van der Waals surface area contributed by atoms with E-state index in [0.29, 0.717) is 13.2 Å². The van der Waals surface area contributed by atoms with Gasteiger partial charge in [-0.3, -0.25) is 9.00 Å². The Bertz CT molecular complexity index is 353. The second-order valence-electron chi connectivity index (χ2n) is 3.45. The summed E-state index contributed by atoms with van der Waals surface area (Å²) in [6.45, 7) is 1.16. The first-order valence-electron chi connectivity index (χ1n) is 4.79. The number of carbonyl (C=O) groups is 1. The maximum absolute atomic E-state index is 11.7. The second-order valence-corrected chi connectivity index (χ2v) is 6.07. The summed E-state index contributed by atoms with van der Waals surface area (Å²) in [5.41, 5.74) is 0. The van der Waals surface area contributed by atoms with Crippen molar-refractivity contribution < 1.29 is 13.7 Å². The lowest BCUT2D eigenvalue weighted by molar-refractivity contribution is -0.120. The number of hydrogen-bond acceptors (Lipinski definition) is 4. The predicted molar refractivity (Wildman–Crippen MR) is 59.5 cm³/mol. The van der Waals surface area contributed by atoms with Crippen molar-refractivity contribution in [2.75, 3.05) is 19.0 Å². The van der Waals surface area contributed by atoms with E-state index in [1.807, 2.05) is 11.4 Å². The Morgan fingerprint density at radius 2 is 2.53 bits per heavy atom. The molecule has 15 heavy (non-hydrogen) atoms. The topological polar surface area (TPSA) is 43.4 Å². The Morgan fingerprint density at radius 1 is 1.67 bits per heavy atom. The van der Waals surface area contributed by atoms with Crippen molar-refractivity contribution in [3.63, 3.8) is 0 Å². The predicted octanol–water partition coefficient (Wildman–Crippen LogP) is 1.46. The van der Waals surface area contributed by atoms with E-state index in [1.165, 1.54) is 11.3 Å². The summed E-state index contributed by atoms with van der Waals surface area (Å²) in [4.78, 5) is 11.7. The van der Waals surface area contributed by atoms with Gasteiger partial charge in [0.25, 0.3) is 0 Å². The smallest absolute Gasteiger partial charge is 0.151 e. The van der Waals surface area contributed by atoms with Crippen LogP contribution in [0.1, 0.15) is 6.42 Å². The Kier molecular flexibility index (Phi) is 3.66. The van der Waals surface area contributed by atoms with E-state index in [0.717, 1.165) is 10.6 Å². The van der Waals surface area contributed by atoms with Crippen molar-refractivity contribution in [2.24, 2.45) is 5.92 Å². The van der Waals surface area contributed by atoms with Crippen LogP contribution in [0.4, 0.5) is 0 Å². The zero-order valence-electron chi connectivity index (χ0n) is 8.18. The van der Waals surface area contributed by atoms with Crippen molar-refractivity contribution in [3.8, 4) is 0 Å². The minimum Gasteiger partial charge on any atom is -0.381 e. The van der Waals surface area contributed by atoms with E-state index in [4.69, 9.17) is 4.74 Å². The molecule has 2 rings (SSSR count). The highest BCUT2D eigenvalue weighted by Crippen LogP contribution is 2.18. The summed E-state index contributed by atoms with van der Waals surface area (Å²) < 4.78 is 17.6. The first kappa shape index (κ1) is 11.0. The molecule has 0 N–H and O–H groups in total. The van der Waals surface area contributed by atoms with Crippen LogP contribution in [0.5, 0.6) is 0 Å². The largest absolute Gasteiger partial charge is 0.381 e. The highest BCUT2D eigenvalue weighted by Gasteiger charge is 2.25. The third-order valence-corrected chi connectivity index (χ3v) is 5.02. The third-order valence-electron chi connectivity index (χ3n) is 2.38. The molecule has 1 aliphatic rings. The average molecular weight is 244 g/mol. The van der Waals surface area contributed by atoms with E-state index in [-0.39, 0.29) is 17.5 Å². The van der Waals surface area contributed by atoms with Crippen molar-refractivity contribution in [1.29, 1.82) is 0 Å². The molecule has 82 valence electrons. The van der Waals surface area contributed by atoms with Crippen LogP contribution in [-0.4, -0.2) is 29.0 Å². The summed E-state index contributed by atoms with van der Waals surface area (Å²) in [6.07, 6.45) is 0.778. The van der Waals surface area contributed by atoms with Crippen LogP contribution in [0.25, 0.3) is 0 Å². The van der Waals surface area contributed by atoms with Gasteiger partial charge in [-0.25, -0.2) is 0 Å². The number of Topliss-reactive ketones (excluding diaryl/α,β-unsaturated/α-hetero) is 1. The molecule has 0 aliphatic carbocycles. The molecule has 0 amide bonds.